The molecule has 2 aliphatic rings. The molecule has 0 atom stereocenters. The lowest BCUT2D eigenvalue weighted by Crippen LogP contribution is -2.42. The highest BCUT2D eigenvalue weighted by atomic mass is 16.5. The lowest BCUT2D eigenvalue weighted by molar-refractivity contribution is 0.201. The zero-order valence-corrected chi connectivity index (χ0v) is 14.9. The van der Waals surface area contributed by atoms with Gasteiger partial charge in [0.15, 0.2) is 5.96 Å². The highest BCUT2D eigenvalue weighted by Crippen LogP contribution is 2.43. The van der Waals surface area contributed by atoms with Gasteiger partial charge in [-0.2, -0.15) is 0 Å². The summed E-state index contributed by atoms with van der Waals surface area (Å²) in [5.74, 6) is 2.06. The first-order valence-electron chi connectivity index (χ1n) is 9.36. The van der Waals surface area contributed by atoms with Crippen LogP contribution in [0.25, 0.3) is 0 Å². The molecule has 2 heterocycles. The molecular weight excluding hydrogens is 302 g/mol. The number of hydrogen-bond acceptors (Lipinski definition) is 3. The molecule has 1 aromatic heterocycles. The van der Waals surface area contributed by atoms with Crippen molar-refractivity contribution in [3.63, 3.8) is 0 Å². The summed E-state index contributed by atoms with van der Waals surface area (Å²) in [4.78, 5) is 7.23. The molecule has 24 heavy (non-hydrogen) atoms. The predicted molar refractivity (Wildman–Crippen MR) is 96.3 cm³/mol. The van der Waals surface area contributed by atoms with E-state index in [0.29, 0.717) is 18.6 Å². The van der Waals surface area contributed by atoms with E-state index >= 15 is 0 Å². The van der Waals surface area contributed by atoms with E-state index in [-0.39, 0.29) is 0 Å². The summed E-state index contributed by atoms with van der Waals surface area (Å²) in [6, 6.07) is 3.96. The third-order valence-electron chi connectivity index (χ3n) is 5.44. The van der Waals surface area contributed by atoms with Crippen LogP contribution in [0.15, 0.2) is 27.8 Å². The first kappa shape index (κ1) is 17.3. The molecule has 5 nitrogen and oxygen atoms in total. The number of ether oxygens (including phenoxy) is 1. The molecule has 0 bridgehead atoms. The van der Waals surface area contributed by atoms with Crippen LogP contribution in [-0.2, 0) is 11.2 Å². The first-order valence-corrected chi connectivity index (χ1v) is 9.36. The Morgan fingerprint density at radius 1 is 1.33 bits per heavy atom. The second-order valence-corrected chi connectivity index (χ2v) is 7.19. The van der Waals surface area contributed by atoms with Crippen molar-refractivity contribution in [2.75, 3.05) is 39.9 Å². The summed E-state index contributed by atoms with van der Waals surface area (Å²) < 4.78 is 10.6. The molecule has 2 fully saturated rings. The van der Waals surface area contributed by atoms with Crippen LogP contribution in [-0.4, -0.2) is 50.8 Å². The number of rotatable bonds is 6. The minimum atomic E-state index is 0.545. The molecule has 1 N–H and O–H groups in total. The summed E-state index contributed by atoms with van der Waals surface area (Å²) >= 11 is 0. The zero-order valence-electron chi connectivity index (χ0n) is 14.9. The van der Waals surface area contributed by atoms with Gasteiger partial charge in [-0.05, 0) is 36.8 Å². The molecule has 1 aliphatic carbocycles. The molecule has 1 saturated carbocycles. The quantitative estimate of drug-likeness (QED) is 0.494. The molecule has 1 aromatic rings. The van der Waals surface area contributed by atoms with Crippen molar-refractivity contribution in [1.82, 2.24) is 10.2 Å². The van der Waals surface area contributed by atoms with Crippen LogP contribution in [0.1, 0.15) is 44.3 Å². The van der Waals surface area contributed by atoms with Crippen molar-refractivity contribution in [2.45, 2.75) is 44.9 Å². The van der Waals surface area contributed by atoms with Crippen LogP contribution >= 0.6 is 0 Å². The van der Waals surface area contributed by atoms with E-state index in [1.807, 2.05) is 12.1 Å². The van der Waals surface area contributed by atoms with Crippen LogP contribution in [0.5, 0.6) is 0 Å². The smallest absolute Gasteiger partial charge is 0.194 e. The summed E-state index contributed by atoms with van der Waals surface area (Å²) in [7, 11) is 1.73. The number of methoxy groups -OCH3 is 1. The first-order chi connectivity index (χ1) is 11.8. The number of nitrogens with one attached hydrogen (secondary N) is 1. The Labute approximate surface area is 145 Å². The van der Waals surface area contributed by atoms with Gasteiger partial charge in [0.05, 0.1) is 19.4 Å². The standard InChI is InChI=1S/C19H31N3O2/c1-23-15-12-21-18(20-11-7-17-6-5-14-24-17)22-13-10-19(16-22)8-3-2-4-9-19/h5-6,14H,2-4,7-13,15-16H2,1H3,(H,20,21). The van der Waals surface area contributed by atoms with E-state index in [4.69, 9.17) is 14.1 Å². The monoisotopic (exact) mass is 333 g/mol. The van der Waals surface area contributed by atoms with Gasteiger partial charge in [0.25, 0.3) is 0 Å². The summed E-state index contributed by atoms with van der Waals surface area (Å²) in [6.07, 6.45) is 10.9. The van der Waals surface area contributed by atoms with E-state index in [0.717, 1.165) is 37.8 Å². The highest BCUT2D eigenvalue weighted by Gasteiger charge is 2.39. The lowest BCUT2D eigenvalue weighted by atomic mass is 9.73. The molecule has 0 aromatic carbocycles. The Kier molecular flexibility index (Phi) is 6.18. The maximum absolute atomic E-state index is 5.42. The molecule has 0 amide bonds. The Hall–Kier alpha value is -1.49. The van der Waals surface area contributed by atoms with Crippen LogP contribution in [0.2, 0.25) is 0 Å². The highest BCUT2D eigenvalue weighted by molar-refractivity contribution is 5.80. The molecule has 0 unspecified atom stereocenters. The molecule has 134 valence electrons. The van der Waals surface area contributed by atoms with Crippen LogP contribution in [0.3, 0.4) is 0 Å². The van der Waals surface area contributed by atoms with Crippen molar-refractivity contribution in [3.05, 3.63) is 24.2 Å². The van der Waals surface area contributed by atoms with Gasteiger partial charge in [-0.3, -0.25) is 4.99 Å². The van der Waals surface area contributed by atoms with E-state index in [2.05, 4.69) is 10.2 Å². The van der Waals surface area contributed by atoms with E-state index in [9.17, 15) is 0 Å². The molecular formula is C19H31N3O2. The van der Waals surface area contributed by atoms with Gasteiger partial charge >= 0.3 is 0 Å². The zero-order chi connectivity index (χ0) is 16.7. The summed E-state index contributed by atoms with van der Waals surface area (Å²) in [5, 5.41) is 3.54. The second-order valence-electron chi connectivity index (χ2n) is 7.19. The molecule has 1 spiro atoms. The fourth-order valence-corrected chi connectivity index (χ4v) is 4.09. The van der Waals surface area contributed by atoms with Crippen molar-refractivity contribution in [3.8, 4) is 0 Å². The fraction of sp³-hybridized carbons (Fsp3) is 0.737. The summed E-state index contributed by atoms with van der Waals surface area (Å²) in [6.45, 7) is 4.51. The molecule has 0 radical (unpaired) electrons. The number of guanidine groups is 1. The third kappa shape index (κ3) is 4.53. The van der Waals surface area contributed by atoms with Gasteiger partial charge in [0.2, 0.25) is 0 Å². The Balaban J connectivity index is 1.56. The van der Waals surface area contributed by atoms with Gasteiger partial charge in [0.1, 0.15) is 5.76 Å². The third-order valence-corrected chi connectivity index (χ3v) is 5.44. The van der Waals surface area contributed by atoms with Crippen molar-refractivity contribution < 1.29 is 9.15 Å². The molecule has 5 heteroatoms. The summed E-state index contributed by atoms with van der Waals surface area (Å²) in [5.41, 5.74) is 0.545. The maximum Gasteiger partial charge on any atom is 0.194 e. The Morgan fingerprint density at radius 3 is 2.96 bits per heavy atom. The number of furan rings is 1. The normalized spacial score (nSPS) is 20.7. The van der Waals surface area contributed by atoms with Crippen LogP contribution in [0.4, 0.5) is 0 Å². The van der Waals surface area contributed by atoms with E-state index in [1.54, 1.807) is 13.4 Å². The molecule has 1 saturated heterocycles. The van der Waals surface area contributed by atoms with Gasteiger partial charge in [-0.1, -0.05) is 19.3 Å². The SMILES string of the molecule is COCCN=C(NCCc1ccco1)N1CCC2(CCCCC2)C1. The van der Waals surface area contributed by atoms with E-state index < -0.39 is 0 Å². The Morgan fingerprint density at radius 2 is 2.21 bits per heavy atom. The molecule has 3 rings (SSSR count). The number of nitrogens with zero attached hydrogens (tertiary/aromatic N) is 2. The maximum atomic E-state index is 5.42. The fourth-order valence-electron chi connectivity index (χ4n) is 4.09. The van der Waals surface area contributed by atoms with Crippen molar-refractivity contribution in [1.29, 1.82) is 0 Å². The minimum Gasteiger partial charge on any atom is -0.469 e. The average Bonchev–Trinajstić information content (AvgIpc) is 3.25. The van der Waals surface area contributed by atoms with Crippen molar-refractivity contribution >= 4 is 5.96 Å². The van der Waals surface area contributed by atoms with Gasteiger partial charge < -0.3 is 19.4 Å². The minimum absolute atomic E-state index is 0.545. The van der Waals surface area contributed by atoms with Crippen molar-refractivity contribution in [2.24, 2.45) is 10.4 Å². The Bertz CT molecular complexity index is 507. The van der Waals surface area contributed by atoms with Gasteiger partial charge in [-0.25, -0.2) is 0 Å². The molecule has 1 aliphatic heterocycles. The average molecular weight is 333 g/mol. The van der Waals surface area contributed by atoms with Crippen LogP contribution in [0, 0.1) is 5.41 Å². The number of aliphatic imine (C=N–C) groups is 1. The number of hydrogen-bond donors (Lipinski definition) is 1. The van der Waals surface area contributed by atoms with Crippen LogP contribution < -0.4 is 5.32 Å². The number of likely N-dealkylation sites (tertiary alicyclic amines) is 1. The van der Waals surface area contributed by atoms with E-state index in [1.165, 1.54) is 38.5 Å². The van der Waals surface area contributed by atoms with Gasteiger partial charge in [0, 0.05) is 33.2 Å². The lowest BCUT2D eigenvalue weighted by Gasteiger charge is -2.33. The second kappa shape index (κ2) is 8.56. The van der Waals surface area contributed by atoms with Gasteiger partial charge in [-0.15, -0.1) is 0 Å². The largest absolute Gasteiger partial charge is 0.469 e. The topological polar surface area (TPSA) is 50.0 Å². The predicted octanol–water partition coefficient (Wildman–Crippen LogP) is 3.07.